The van der Waals surface area contributed by atoms with Crippen LogP contribution in [0.3, 0.4) is 0 Å². The van der Waals surface area contributed by atoms with Gasteiger partial charge in [-0.25, -0.2) is 14.8 Å². The van der Waals surface area contributed by atoms with Crippen molar-refractivity contribution in [2.45, 2.75) is 46.2 Å². The van der Waals surface area contributed by atoms with Gasteiger partial charge < -0.3 is 5.11 Å². The Balaban J connectivity index is 2.51. The Morgan fingerprint density at radius 2 is 2.17 bits per heavy atom. The minimum absolute atomic E-state index is 0.456. The molecule has 0 aliphatic carbocycles. The van der Waals surface area contributed by atoms with Gasteiger partial charge in [-0.1, -0.05) is 11.3 Å². The third-order valence-corrected chi connectivity index (χ3v) is 4.09. The van der Waals surface area contributed by atoms with E-state index in [-0.39, 0.29) is 0 Å². The maximum atomic E-state index is 11.7. The summed E-state index contributed by atoms with van der Waals surface area (Å²) < 4.78 is 1.51. The molecule has 0 aliphatic rings. The van der Waals surface area contributed by atoms with Crippen molar-refractivity contribution < 1.29 is 9.90 Å². The maximum absolute atomic E-state index is 11.7. The SMILES string of the molecule is Cc1nc(C(C)N(C(=O)O)C(C)(C)C)n(-c2ncc(C#N)s2)n1. The highest BCUT2D eigenvalue weighted by molar-refractivity contribution is 7.14. The first-order chi connectivity index (χ1) is 10.6. The smallest absolute Gasteiger partial charge is 0.408 e. The van der Waals surface area contributed by atoms with E-state index in [4.69, 9.17) is 5.26 Å². The monoisotopic (exact) mass is 334 g/mol. The third kappa shape index (κ3) is 3.32. The molecule has 0 aromatic carbocycles. The van der Waals surface area contributed by atoms with Gasteiger partial charge in [-0.05, 0) is 34.6 Å². The van der Waals surface area contributed by atoms with Gasteiger partial charge in [0.15, 0.2) is 5.82 Å². The lowest BCUT2D eigenvalue weighted by Crippen LogP contribution is -2.47. The maximum Gasteiger partial charge on any atom is 0.408 e. The number of hydrogen-bond donors (Lipinski definition) is 1. The van der Waals surface area contributed by atoms with Gasteiger partial charge in [-0.2, -0.15) is 9.94 Å². The van der Waals surface area contributed by atoms with Gasteiger partial charge in [0.2, 0.25) is 5.13 Å². The molecule has 0 radical (unpaired) electrons. The van der Waals surface area contributed by atoms with Gasteiger partial charge in [0.25, 0.3) is 0 Å². The molecule has 1 atom stereocenters. The number of aryl methyl sites for hydroxylation is 1. The molecule has 0 bridgehead atoms. The number of thiazole rings is 1. The standard InChI is InChI=1S/C14H18N6O2S/c1-8(19(13(21)22)14(3,4)5)11-17-9(2)18-20(11)12-16-7-10(6-15)23-12/h7-8H,1-5H3,(H,21,22). The molecule has 23 heavy (non-hydrogen) atoms. The van der Waals surface area contributed by atoms with Crippen molar-refractivity contribution in [3.63, 3.8) is 0 Å². The predicted octanol–water partition coefficient (Wildman–Crippen LogP) is 2.74. The number of hydrogen-bond acceptors (Lipinski definition) is 6. The van der Waals surface area contributed by atoms with Crippen molar-refractivity contribution in [2.75, 3.05) is 0 Å². The molecule has 0 saturated carbocycles. The summed E-state index contributed by atoms with van der Waals surface area (Å²) in [5.74, 6) is 0.985. The first kappa shape index (κ1) is 16.9. The fraction of sp³-hybridized carbons (Fsp3) is 0.500. The van der Waals surface area contributed by atoms with Crippen molar-refractivity contribution in [1.82, 2.24) is 24.6 Å². The Labute approximate surface area is 138 Å². The van der Waals surface area contributed by atoms with Crippen LogP contribution in [0.4, 0.5) is 4.79 Å². The molecular formula is C14H18N6O2S. The van der Waals surface area contributed by atoms with Gasteiger partial charge >= 0.3 is 6.09 Å². The Morgan fingerprint density at radius 1 is 1.52 bits per heavy atom. The second kappa shape index (κ2) is 5.96. The molecule has 122 valence electrons. The van der Waals surface area contributed by atoms with Crippen LogP contribution in [0.25, 0.3) is 5.13 Å². The van der Waals surface area contributed by atoms with Crippen LogP contribution in [-0.2, 0) is 0 Å². The largest absolute Gasteiger partial charge is 0.465 e. The summed E-state index contributed by atoms with van der Waals surface area (Å²) in [5, 5.41) is 23.3. The van der Waals surface area contributed by atoms with Crippen molar-refractivity contribution in [3.05, 3.63) is 22.7 Å². The molecule has 2 heterocycles. The van der Waals surface area contributed by atoms with Crippen molar-refractivity contribution >= 4 is 17.4 Å². The van der Waals surface area contributed by atoms with Gasteiger partial charge in [0.05, 0.1) is 12.2 Å². The zero-order valence-electron chi connectivity index (χ0n) is 13.6. The lowest BCUT2D eigenvalue weighted by atomic mass is 10.0. The number of amides is 1. The number of aromatic nitrogens is 4. The average molecular weight is 334 g/mol. The van der Waals surface area contributed by atoms with Crippen LogP contribution in [-0.4, -0.2) is 41.4 Å². The molecule has 2 rings (SSSR count). The second-order valence-corrected chi connectivity index (χ2v) is 7.06. The summed E-state index contributed by atoms with van der Waals surface area (Å²) in [4.78, 5) is 22.0. The molecule has 2 aromatic heterocycles. The molecule has 0 aliphatic heterocycles. The zero-order chi connectivity index (χ0) is 17.4. The van der Waals surface area contributed by atoms with Crippen LogP contribution >= 0.6 is 11.3 Å². The zero-order valence-corrected chi connectivity index (χ0v) is 14.4. The van der Waals surface area contributed by atoms with Crippen molar-refractivity contribution in [1.29, 1.82) is 5.26 Å². The molecule has 1 amide bonds. The van der Waals surface area contributed by atoms with Crippen molar-refractivity contribution in [2.24, 2.45) is 0 Å². The highest BCUT2D eigenvalue weighted by Crippen LogP contribution is 2.29. The van der Waals surface area contributed by atoms with E-state index in [2.05, 4.69) is 15.1 Å². The van der Waals surface area contributed by atoms with Gasteiger partial charge in [0, 0.05) is 5.54 Å². The van der Waals surface area contributed by atoms with E-state index in [1.165, 1.54) is 27.1 Å². The van der Waals surface area contributed by atoms with Crippen LogP contribution < -0.4 is 0 Å². The Kier molecular flexibility index (Phi) is 4.38. The van der Waals surface area contributed by atoms with E-state index in [1.807, 2.05) is 26.8 Å². The van der Waals surface area contributed by atoms with Crippen LogP contribution in [0.5, 0.6) is 0 Å². The van der Waals surface area contributed by atoms with Crippen LogP contribution in [0.2, 0.25) is 0 Å². The first-order valence-corrected chi connectivity index (χ1v) is 7.79. The van der Waals surface area contributed by atoms with E-state index >= 15 is 0 Å². The molecule has 8 nitrogen and oxygen atoms in total. The second-order valence-electron chi connectivity index (χ2n) is 6.05. The summed E-state index contributed by atoms with van der Waals surface area (Å²) in [5.41, 5.74) is -0.601. The molecule has 1 unspecified atom stereocenters. The minimum Gasteiger partial charge on any atom is -0.465 e. The third-order valence-electron chi connectivity index (χ3n) is 3.21. The van der Waals surface area contributed by atoms with Crippen LogP contribution in [0.1, 0.15) is 50.3 Å². The molecule has 0 fully saturated rings. The summed E-state index contributed by atoms with van der Waals surface area (Å²) in [6.07, 6.45) is 0.429. The lowest BCUT2D eigenvalue weighted by molar-refractivity contribution is 0.0720. The first-order valence-electron chi connectivity index (χ1n) is 6.97. The quantitative estimate of drug-likeness (QED) is 0.924. The topological polar surface area (TPSA) is 108 Å². The number of carbonyl (C=O) groups is 1. The van der Waals surface area contributed by atoms with E-state index < -0.39 is 17.7 Å². The molecule has 1 N–H and O–H groups in total. The van der Waals surface area contributed by atoms with Crippen LogP contribution in [0, 0.1) is 18.3 Å². The number of nitriles is 1. The van der Waals surface area contributed by atoms with Gasteiger partial charge in [-0.15, -0.1) is 5.10 Å². The van der Waals surface area contributed by atoms with E-state index in [9.17, 15) is 9.90 Å². The Morgan fingerprint density at radius 3 is 2.65 bits per heavy atom. The molecule has 0 spiro atoms. The molecular weight excluding hydrogens is 316 g/mol. The highest BCUT2D eigenvalue weighted by Gasteiger charge is 2.34. The molecule has 2 aromatic rings. The minimum atomic E-state index is -1.03. The Bertz CT molecular complexity index is 767. The molecule has 0 saturated heterocycles. The molecule has 9 heteroatoms. The van der Waals surface area contributed by atoms with Crippen molar-refractivity contribution in [3.8, 4) is 11.2 Å². The predicted molar refractivity (Wildman–Crippen MR) is 84.5 cm³/mol. The fourth-order valence-electron chi connectivity index (χ4n) is 2.41. The fourth-order valence-corrected chi connectivity index (χ4v) is 3.08. The number of rotatable bonds is 3. The number of nitrogens with zero attached hydrogens (tertiary/aromatic N) is 6. The lowest BCUT2D eigenvalue weighted by Gasteiger charge is -2.37. The van der Waals surface area contributed by atoms with E-state index in [0.29, 0.717) is 21.7 Å². The summed E-state index contributed by atoms with van der Waals surface area (Å²) in [7, 11) is 0. The summed E-state index contributed by atoms with van der Waals surface area (Å²) in [6.45, 7) is 8.96. The van der Waals surface area contributed by atoms with E-state index in [1.54, 1.807) is 13.8 Å². The summed E-state index contributed by atoms with van der Waals surface area (Å²) >= 11 is 1.18. The normalized spacial score (nSPS) is 12.7. The van der Waals surface area contributed by atoms with Gasteiger partial charge in [0.1, 0.15) is 16.8 Å². The summed E-state index contributed by atoms with van der Waals surface area (Å²) in [6, 6.07) is 1.50. The van der Waals surface area contributed by atoms with Crippen LogP contribution in [0.15, 0.2) is 6.20 Å². The van der Waals surface area contributed by atoms with E-state index in [0.717, 1.165) is 0 Å². The van der Waals surface area contributed by atoms with Gasteiger partial charge in [-0.3, -0.25) is 4.90 Å². The average Bonchev–Trinajstić information content (AvgIpc) is 3.02. The Hall–Kier alpha value is -2.47. The highest BCUT2D eigenvalue weighted by atomic mass is 32.1. The number of carboxylic acid groups (broad SMARTS) is 1.